The number of alkyl halides is 3. The van der Waals surface area contributed by atoms with E-state index in [1.54, 1.807) is 6.92 Å². The first-order valence-corrected chi connectivity index (χ1v) is 8.51. The van der Waals surface area contributed by atoms with Crippen molar-refractivity contribution in [2.45, 2.75) is 50.9 Å². The summed E-state index contributed by atoms with van der Waals surface area (Å²) in [4.78, 5) is 19.4. The first-order valence-electron chi connectivity index (χ1n) is 8.51. The van der Waals surface area contributed by atoms with Crippen molar-refractivity contribution in [1.29, 1.82) is 5.26 Å². The standard InChI is InChI=1S/C17H16F3N5O3/c1-9-23-16(28-25-9)15(26)24-10-2-4-11(5-3-10)27-12-6-13(17(18,19)20)14(7-21)22-8-12/h6,8,10-11H,2-5H2,1H3,(H,24,26)/t10-,11-. The second kappa shape index (κ2) is 7.84. The molecule has 0 aromatic carbocycles. The molecule has 0 unspecified atom stereocenters. The number of nitrogens with zero attached hydrogens (tertiary/aromatic N) is 4. The van der Waals surface area contributed by atoms with Crippen LogP contribution in [-0.4, -0.2) is 33.2 Å². The Morgan fingerprint density at radius 2 is 2.07 bits per heavy atom. The number of nitrogens with one attached hydrogen (secondary N) is 1. The predicted octanol–water partition coefficient (Wildman–Crippen LogP) is 2.78. The Bertz CT molecular complexity index is 898. The number of halogens is 3. The van der Waals surface area contributed by atoms with Crippen LogP contribution in [0.2, 0.25) is 0 Å². The number of pyridine rings is 1. The van der Waals surface area contributed by atoms with E-state index in [0.29, 0.717) is 31.5 Å². The summed E-state index contributed by atoms with van der Waals surface area (Å²) < 4.78 is 49.4. The molecule has 2 aromatic heterocycles. The Morgan fingerprint density at radius 3 is 2.64 bits per heavy atom. The third-order valence-electron chi connectivity index (χ3n) is 4.31. The maximum atomic E-state index is 13.0. The van der Waals surface area contributed by atoms with Crippen LogP contribution in [0.15, 0.2) is 16.8 Å². The zero-order valence-electron chi connectivity index (χ0n) is 14.8. The molecule has 2 aromatic rings. The van der Waals surface area contributed by atoms with Gasteiger partial charge in [0.1, 0.15) is 11.8 Å². The maximum absolute atomic E-state index is 13.0. The molecular formula is C17H16F3N5O3. The highest BCUT2D eigenvalue weighted by atomic mass is 19.4. The molecular weight excluding hydrogens is 379 g/mol. The molecule has 28 heavy (non-hydrogen) atoms. The molecule has 1 aliphatic rings. The molecule has 2 heterocycles. The number of hydrogen-bond acceptors (Lipinski definition) is 7. The number of rotatable bonds is 4. The first-order chi connectivity index (χ1) is 13.3. The monoisotopic (exact) mass is 395 g/mol. The molecule has 0 aliphatic heterocycles. The lowest BCUT2D eigenvalue weighted by molar-refractivity contribution is -0.138. The van der Waals surface area contributed by atoms with Crippen LogP contribution in [0, 0.1) is 18.3 Å². The molecule has 0 bridgehead atoms. The number of carbonyl (C=O) groups excluding carboxylic acids is 1. The Labute approximate surface area is 157 Å². The molecule has 3 rings (SSSR count). The fourth-order valence-corrected chi connectivity index (χ4v) is 2.97. The van der Waals surface area contributed by atoms with E-state index < -0.39 is 23.3 Å². The molecule has 0 radical (unpaired) electrons. The smallest absolute Gasteiger partial charge is 0.419 e. The van der Waals surface area contributed by atoms with Gasteiger partial charge in [0.15, 0.2) is 11.5 Å². The summed E-state index contributed by atoms with van der Waals surface area (Å²) in [7, 11) is 0. The van der Waals surface area contributed by atoms with Crippen molar-refractivity contribution in [3.63, 3.8) is 0 Å². The molecule has 1 fully saturated rings. The van der Waals surface area contributed by atoms with E-state index in [1.807, 2.05) is 0 Å². The Balaban J connectivity index is 1.56. The molecule has 1 amide bonds. The van der Waals surface area contributed by atoms with Crippen LogP contribution in [0.4, 0.5) is 13.2 Å². The third-order valence-corrected chi connectivity index (χ3v) is 4.31. The Morgan fingerprint density at radius 1 is 1.36 bits per heavy atom. The Hall–Kier alpha value is -3.16. The lowest BCUT2D eigenvalue weighted by Gasteiger charge is -2.29. The quantitative estimate of drug-likeness (QED) is 0.847. The van der Waals surface area contributed by atoms with Crippen LogP contribution >= 0.6 is 0 Å². The highest BCUT2D eigenvalue weighted by Gasteiger charge is 2.35. The fraction of sp³-hybridized carbons (Fsp3) is 0.471. The molecule has 148 valence electrons. The minimum Gasteiger partial charge on any atom is -0.489 e. The van der Waals surface area contributed by atoms with Crippen molar-refractivity contribution < 1.29 is 27.2 Å². The van der Waals surface area contributed by atoms with E-state index in [2.05, 4.69) is 20.4 Å². The predicted molar refractivity (Wildman–Crippen MR) is 87.1 cm³/mol. The average Bonchev–Trinajstić information content (AvgIpc) is 3.09. The Kier molecular flexibility index (Phi) is 5.48. The number of amides is 1. The minimum absolute atomic E-state index is 0.0415. The van der Waals surface area contributed by atoms with Crippen LogP contribution in [0.3, 0.4) is 0 Å². The number of aryl methyl sites for hydroxylation is 1. The summed E-state index contributed by atoms with van der Waals surface area (Å²) >= 11 is 0. The van der Waals surface area contributed by atoms with Gasteiger partial charge in [-0.25, -0.2) is 4.98 Å². The summed E-state index contributed by atoms with van der Waals surface area (Å²) in [6, 6.07) is 2.10. The average molecular weight is 395 g/mol. The van der Waals surface area contributed by atoms with Crippen LogP contribution in [0.5, 0.6) is 5.75 Å². The van der Waals surface area contributed by atoms with Gasteiger partial charge in [-0.3, -0.25) is 4.79 Å². The molecule has 8 nitrogen and oxygen atoms in total. The SMILES string of the molecule is Cc1noc(C(=O)N[C@H]2CC[C@H](Oc3cnc(C#N)c(C(F)(F)F)c3)CC2)n1. The molecule has 0 saturated heterocycles. The van der Waals surface area contributed by atoms with Crippen molar-refractivity contribution in [2.75, 3.05) is 0 Å². The van der Waals surface area contributed by atoms with Crippen molar-refractivity contribution in [2.24, 2.45) is 0 Å². The number of nitriles is 1. The largest absolute Gasteiger partial charge is 0.489 e. The van der Waals surface area contributed by atoms with Gasteiger partial charge < -0.3 is 14.6 Å². The van der Waals surface area contributed by atoms with E-state index in [0.717, 1.165) is 12.3 Å². The van der Waals surface area contributed by atoms with Gasteiger partial charge in [-0.05, 0) is 38.7 Å². The van der Waals surface area contributed by atoms with Crippen molar-refractivity contribution in [1.82, 2.24) is 20.4 Å². The fourth-order valence-electron chi connectivity index (χ4n) is 2.97. The van der Waals surface area contributed by atoms with Crippen LogP contribution in [0.25, 0.3) is 0 Å². The normalized spacial score (nSPS) is 19.7. The topological polar surface area (TPSA) is 114 Å². The highest BCUT2D eigenvalue weighted by Crippen LogP contribution is 2.34. The molecule has 0 atom stereocenters. The van der Waals surface area contributed by atoms with Gasteiger partial charge in [-0.1, -0.05) is 5.16 Å². The van der Waals surface area contributed by atoms with E-state index >= 15 is 0 Å². The van der Waals surface area contributed by atoms with Gasteiger partial charge in [0.2, 0.25) is 0 Å². The second-order valence-corrected chi connectivity index (χ2v) is 6.39. The van der Waals surface area contributed by atoms with Crippen molar-refractivity contribution >= 4 is 5.91 Å². The second-order valence-electron chi connectivity index (χ2n) is 6.39. The van der Waals surface area contributed by atoms with Crippen LogP contribution in [-0.2, 0) is 6.18 Å². The summed E-state index contributed by atoms with van der Waals surface area (Å²) in [6.45, 7) is 1.60. The zero-order valence-corrected chi connectivity index (χ0v) is 14.8. The lowest BCUT2D eigenvalue weighted by atomic mass is 9.93. The molecule has 1 saturated carbocycles. The summed E-state index contributed by atoms with van der Waals surface area (Å²) in [5.41, 5.74) is -1.81. The van der Waals surface area contributed by atoms with Gasteiger partial charge in [0, 0.05) is 6.04 Å². The van der Waals surface area contributed by atoms with Gasteiger partial charge >= 0.3 is 18.0 Å². The highest BCUT2D eigenvalue weighted by molar-refractivity contribution is 5.89. The summed E-state index contributed by atoms with van der Waals surface area (Å²) in [5, 5.41) is 15.1. The molecule has 1 N–H and O–H groups in total. The van der Waals surface area contributed by atoms with E-state index in [-0.39, 0.29) is 23.8 Å². The molecule has 1 aliphatic carbocycles. The van der Waals surface area contributed by atoms with Gasteiger partial charge in [-0.15, -0.1) is 0 Å². The number of carbonyl (C=O) groups is 1. The number of hydrogen-bond donors (Lipinski definition) is 1. The number of aromatic nitrogens is 3. The minimum atomic E-state index is -4.69. The summed E-state index contributed by atoms with van der Waals surface area (Å²) in [5.74, 6) is -0.257. The van der Waals surface area contributed by atoms with Gasteiger partial charge in [0.25, 0.3) is 0 Å². The third kappa shape index (κ3) is 4.57. The molecule has 11 heteroatoms. The maximum Gasteiger partial charge on any atom is 0.419 e. The van der Waals surface area contributed by atoms with Crippen LogP contribution in [0.1, 0.15) is 53.5 Å². The summed E-state index contributed by atoms with van der Waals surface area (Å²) in [6.07, 6.45) is -1.65. The lowest BCUT2D eigenvalue weighted by Crippen LogP contribution is -2.39. The molecule has 0 spiro atoms. The van der Waals surface area contributed by atoms with Gasteiger partial charge in [-0.2, -0.15) is 23.4 Å². The van der Waals surface area contributed by atoms with E-state index in [1.165, 1.54) is 6.07 Å². The van der Waals surface area contributed by atoms with Crippen molar-refractivity contribution in [3.05, 3.63) is 35.2 Å². The zero-order chi connectivity index (χ0) is 20.3. The van der Waals surface area contributed by atoms with Crippen LogP contribution < -0.4 is 10.1 Å². The van der Waals surface area contributed by atoms with E-state index in [4.69, 9.17) is 14.5 Å². The first kappa shape index (κ1) is 19.6. The van der Waals surface area contributed by atoms with Crippen molar-refractivity contribution in [3.8, 4) is 11.8 Å². The van der Waals surface area contributed by atoms with E-state index in [9.17, 15) is 18.0 Å². The number of ether oxygens (including phenoxy) is 1. The van der Waals surface area contributed by atoms with Gasteiger partial charge in [0.05, 0.1) is 17.9 Å².